The fraction of sp³-hybridized carbons (Fsp3) is 0.320. The minimum absolute atomic E-state index is 0.493. The van der Waals surface area contributed by atoms with Crippen LogP contribution < -0.4 is 15.5 Å². The van der Waals surface area contributed by atoms with Crippen molar-refractivity contribution in [1.82, 2.24) is 14.9 Å². The van der Waals surface area contributed by atoms with Crippen LogP contribution in [0.15, 0.2) is 48.7 Å². The molecule has 6 bridgehead atoms. The number of piperazine rings is 1. The molecule has 2 aliphatic heterocycles. The summed E-state index contributed by atoms with van der Waals surface area (Å²) in [6.45, 7) is 4.29. The number of carboxylic acid groups (broad SMARTS) is 1. The lowest BCUT2D eigenvalue weighted by Crippen LogP contribution is -2.44. The van der Waals surface area contributed by atoms with Crippen molar-refractivity contribution >= 4 is 46.4 Å². The molecule has 37 heavy (non-hydrogen) atoms. The number of carbonyl (C=O) groups is 1. The molecule has 196 valence electrons. The van der Waals surface area contributed by atoms with Crippen LogP contribution in [-0.2, 0) is 17.6 Å². The van der Waals surface area contributed by atoms with E-state index in [1.165, 1.54) is 16.8 Å². The number of benzene rings is 2. The second-order valence-corrected chi connectivity index (χ2v) is 9.18. The van der Waals surface area contributed by atoms with Gasteiger partial charge in [0.05, 0.1) is 6.20 Å². The molecule has 0 amide bonds. The van der Waals surface area contributed by atoms with Crippen LogP contribution in [0.25, 0.3) is 0 Å². The van der Waals surface area contributed by atoms with Crippen LogP contribution in [0.3, 0.4) is 0 Å². The summed E-state index contributed by atoms with van der Waals surface area (Å²) in [6.07, 6.45) is -1.52. The molecule has 3 N–H and O–H groups in total. The van der Waals surface area contributed by atoms with E-state index >= 15 is 0 Å². The van der Waals surface area contributed by atoms with Crippen LogP contribution in [0.1, 0.15) is 11.1 Å². The van der Waals surface area contributed by atoms with E-state index in [-0.39, 0.29) is 0 Å². The Balaban J connectivity index is 0.000000405. The Kier molecular flexibility index (Phi) is 8.03. The summed E-state index contributed by atoms with van der Waals surface area (Å²) >= 11 is 6.33. The fourth-order valence-corrected chi connectivity index (χ4v) is 4.22. The molecule has 2 aromatic carbocycles. The van der Waals surface area contributed by atoms with Crippen molar-refractivity contribution in [3.8, 4) is 0 Å². The highest BCUT2D eigenvalue weighted by Gasteiger charge is 2.38. The highest BCUT2D eigenvalue weighted by Crippen LogP contribution is 2.30. The highest BCUT2D eigenvalue weighted by atomic mass is 35.5. The van der Waals surface area contributed by atoms with E-state index in [2.05, 4.69) is 73.8 Å². The number of nitrogens with zero attached hydrogens (tertiary/aromatic N) is 4. The lowest BCUT2D eigenvalue weighted by atomic mass is 10.0. The molecule has 0 atom stereocenters. The quantitative estimate of drug-likeness (QED) is 0.397. The van der Waals surface area contributed by atoms with Gasteiger partial charge in [-0.05, 0) is 61.3 Å². The minimum Gasteiger partial charge on any atom is -0.475 e. The van der Waals surface area contributed by atoms with E-state index in [1.807, 2.05) is 6.07 Å². The Hall–Kier alpha value is -3.57. The number of nitrogens with one attached hydrogen (secondary N) is 2. The number of anilines is 5. The third-order valence-corrected chi connectivity index (χ3v) is 6.32. The first-order chi connectivity index (χ1) is 17.6. The Labute approximate surface area is 217 Å². The molecule has 8 nitrogen and oxygen atoms in total. The first kappa shape index (κ1) is 26.5. The molecular formula is C25H26ClF3N6O2. The summed E-state index contributed by atoms with van der Waals surface area (Å²) in [6, 6.07) is 15.0. The number of fused-ring (bicyclic) bond motifs is 6. The first-order valence-electron chi connectivity index (χ1n) is 11.6. The number of aromatic nitrogens is 2. The molecule has 3 aromatic rings. The third kappa shape index (κ3) is 7.01. The van der Waals surface area contributed by atoms with Crippen molar-refractivity contribution < 1.29 is 23.1 Å². The molecule has 0 spiro atoms. The molecule has 12 heteroatoms. The number of alkyl halides is 3. The predicted octanol–water partition coefficient (Wildman–Crippen LogP) is 5.10. The second kappa shape index (κ2) is 11.2. The van der Waals surface area contributed by atoms with Gasteiger partial charge < -0.3 is 25.5 Å². The summed E-state index contributed by atoms with van der Waals surface area (Å²) < 4.78 is 31.7. The molecule has 1 aromatic heterocycles. The van der Waals surface area contributed by atoms with E-state index < -0.39 is 12.1 Å². The summed E-state index contributed by atoms with van der Waals surface area (Å²) in [4.78, 5) is 22.7. The average Bonchev–Trinajstić information content (AvgIpc) is 2.86. The smallest absolute Gasteiger partial charge is 0.475 e. The first-order valence-corrected chi connectivity index (χ1v) is 12.0. The molecule has 3 heterocycles. The molecule has 0 saturated carbocycles. The summed E-state index contributed by atoms with van der Waals surface area (Å²) in [7, 11) is 2.19. The van der Waals surface area contributed by atoms with Gasteiger partial charge in [0.15, 0.2) is 5.82 Å². The van der Waals surface area contributed by atoms with Crippen LogP contribution in [0.4, 0.5) is 42.0 Å². The zero-order chi connectivity index (χ0) is 26.6. The fourth-order valence-electron chi connectivity index (χ4n) is 4.08. The highest BCUT2D eigenvalue weighted by molar-refractivity contribution is 6.32. The van der Waals surface area contributed by atoms with Crippen molar-refractivity contribution in [2.45, 2.75) is 19.0 Å². The van der Waals surface area contributed by atoms with Crippen molar-refractivity contribution in [3.63, 3.8) is 0 Å². The Morgan fingerprint density at radius 1 is 1.03 bits per heavy atom. The molecule has 0 unspecified atom stereocenters. The number of hydrogen-bond donors (Lipinski definition) is 3. The number of likely N-dealkylation sites (N-methyl/N-ethyl adjacent to an activating group) is 1. The Morgan fingerprint density at radius 2 is 1.73 bits per heavy atom. The predicted molar refractivity (Wildman–Crippen MR) is 137 cm³/mol. The van der Waals surface area contributed by atoms with Gasteiger partial charge in [0, 0.05) is 43.2 Å². The van der Waals surface area contributed by atoms with E-state index in [9.17, 15) is 13.2 Å². The summed E-state index contributed by atoms with van der Waals surface area (Å²) in [5.41, 5.74) is 5.92. The van der Waals surface area contributed by atoms with Gasteiger partial charge in [-0.25, -0.2) is 9.78 Å². The number of halogens is 4. The van der Waals surface area contributed by atoms with Gasteiger partial charge in [0.1, 0.15) is 5.02 Å². The maximum absolute atomic E-state index is 10.6. The van der Waals surface area contributed by atoms with E-state index in [4.69, 9.17) is 21.5 Å². The van der Waals surface area contributed by atoms with Gasteiger partial charge in [-0.1, -0.05) is 23.7 Å². The van der Waals surface area contributed by atoms with Crippen molar-refractivity contribution in [1.29, 1.82) is 0 Å². The van der Waals surface area contributed by atoms with Gasteiger partial charge in [-0.2, -0.15) is 18.2 Å². The number of hydrogen-bond acceptors (Lipinski definition) is 7. The molecule has 1 saturated heterocycles. The summed E-state index contributed by atoms with van der Waals surface area (Å²) in [5.74, 6) is -1.64. The lowest BCUT2D eigenvalue weighted by Gasteiger charge is -2.35. The van der Waals surface area contributed by atoms with Gasteiger partial charge in [-0.15, -0.1) is 0 Å². The zero-order valence-electron chi connectivity index (χ0n) is 20.0. The van der Waals surface area contributed by atoms with Gasteiger partial charge >= 0.3 is 12.1 Å². The zero-order valence-corrected chi connectivity index (χ0v) is 20.8. The van der Waals surface area contributed by atoms with Crippen LogP contribution in [0.2, 0.25) is 5.02 Å². The third-order valence-electron chi connectivity index (χ3n) is 6.04. The Morgan fingerprint density at radius 3 is 2.43 bits per heavy atom. The molecule has 1 fully saturated rings. The molecule has 2 aliphatic rings. The van der Waals surface area contributed by atoms with E-state index in [1.54, 1.807) is 6.20 Å². The molecule has 0 radical (unpaired) electrons. The van der Waals surface area contributed by atoms with Crippen LogP contribution in [0.5, 0.6) is 0 Å². The van der Waals surface area contributed by atoms with Crippen molar-refractivity contribution in [3.05, 3.63) is 64.8 Å². The monoisotopic (exact) mass is 534 g/mol. The van der Waals surface area contributed by atoms with E-state index in [0.29, 0.717) is 16.8 Å². The van der Waals surface area contributed by atoms with Gasteiger partial charge in [0.2, 0.25) is 5.95 Å². The summed E-state index contributed by atoms with van der Waals surface area (Å²) in [5, 5.41) is 14.3. The topological polar surface area (TPSA) is 93.6 Å². The number of carboxylic acids is 1. The van der Waals surface area contributed by atoms with Crippen molar-refractivity contribution in [2.24, 2.45) is 0 Å². The lowest BCUT2D eigenvalue weighted by molar-refractivity contribution is -0.192. The standard InChI is InChI=1S/C23H25ClN6.C2HF3O2/c1-29-9-11-30(12-10-29)21-8-7-19-14-17(21)6-5-16-3-2-4-18(13-16)26-22-20(24)15-25-23(27-19)28-22;3-2(4,5)1(6)7/h2-4,7-8,13-15H,5-6,9-12H2,1H3,(H2,25,26,27,28);(H,6,7). The van der Waals surface area contributed by atoms with Gasteiger partial charge in [-0.3, -0.25) is 0 Å². The molecular weight excluding hydrogens is 509 g/mol. The van der Waals surface area contributed by atoms with Crippen LogP contribution in [0, 0.1) is 0 Å². The molecule has 0 aliphatic carbocycles. The largest absolute Gasteiger partial charge is 0.490 e. The maximum Gasteiger partial charge on any atom is 0.490 e. The number of aryl methyl sites for hydroxylation is 2. The average molecular weight is 535 g/mol. The van der Waals surface area contributed by atoms with Crippen LogP contribution in [-0.4, -0.2) is 65.3 Å². The molecule has 5 rings (SSSR count). The number of rotatable bonds is 1. The van der Waals surface area contributed by atoms with E-state index in [0.717, 1.165) is 50.4 Å². The maximum atomic E-state index is 10.6. The SMILES string of the molecule is CN1CCN(c2ccc3cc2CCc2cccc(c2)Nc2nc(ncc2Cl)N3)CC1.O=C(O)C(F)(F)F. The number of aliphatic carboxylic acids is 1. The second-order valence-electron chi connectivity index (χ2n) is 8.78. The van der Waals surface area contributed by atoms with Gasteiger partial charge in [0.25, 0.3) is 0 Å². The normalized spacial score (nSPS) is 15.5. The van der Waals surface area contributed by atoms with Crippen LogP contribution >= 0.6 is 11.6 Å². The Bertz CT molecular complexity index is 1270. The minimum atomic E-state index is -5.08. The van der Waals surface area contributed by atoms with Crippen molar-refractivity contribution in [2.75, 3.05) is 48.8 Å².